The first-order chi connectivity index (χ1) is 13.3. The van der Waals surface area contributed by atoms with Crippen LogP contribution in [0.1, 0.15) is 23.7 Å². The van der Waals surface area contributed by atoms with Crippen LogP contribution in [0.4, 0.5) is 5.69 Å². The number of aromatic nitrogens is 3. The molecule has 1 fully saturated rings. The van der Waals surface area contributed by atoms with Crippen molar-refractivity contribution in [2.45, 2.75) is 19.3 Å². The molecule has 1 aliphatic heterocycles. The van der Waals surface area contributed by atoms with Crippen LogP contribution in [0, 0.1) is 0 Å². The van der Waals surface area contributed by atoms with E-state index in [2.05, 4.69) is 15.3 Å². The number of rotatable bonds is 4. The summed E-state index contributed by atoms with van der Waals surface area (Å²) in [5.74, 6) is 1.14. The number of aromatic amines is 1. The van der Waals surface area contributed by atoms with Crippen LogP contribution in [-0.2, 0) is 11.2 Å². The second-order valence-electron chi connectivity index (χ2n) is 6.70. The lowest BCUT2D eigenvalue weighted by molar-refractivity contribution is -0.117. The molecule has 0 aliphatic carbocycles. The van der Waals surface area contributed by atoms with Gasteiger partial charge in [0.25, 0.3) is 0 Å². The molecule has 0 atom stereocenters. The molecule has 3 heterocycles. The molecule has 1 N–H and O–H groups in total. The standard InChI is InChI=1S/C21H18N4OS/c26-21-6-3-11-25(21)15-9-7-14(8-10-15)18-13-27-20(24-18)12-19-22-16-4-1-2-5-17(16)23-19/h1-2,4-5,7-10,13H,3,6,11-12H2,(H,22,23). The Hall–Kier alpha value is -2.99. The van der Waals surface area contributed by atoms with Crippen molar-refractivity contribution in [2.24, 2.45) is 0 Å². The van der Waals surface area contributed by atoms with Crippen LogP contribution in [-0.4, -0.2) is 27.4 Å². The highest BCUT2D eigenvalue weighted by Crippen LogP contribution is 2.27. The number of imidazole rings is 1. The third-order valence-electron chi connectivity index (χ3n) is 4.86. The molecule has 5 nitrogen and oxygen atoms in total. The average molecular weight is 374 g/mol. The maximum Gasteiger partial charge on any atom is 0.227 e. The zero-order valence-corrected chi connectivity index (χ0v) is 15.5. The summed E-state index contributed by atoms with van der Waals surface area (Å²) in [7, 11) is 0. The number of carbonyl (C=O) groups excluding carboxylic acids is 1. The molecule has 1 aliphatic rings. The van der Waals surface area contributed by atoms with Gasteiger partial charge in [-0.2, -0.15) is 0 Å². The van der Waals surface area contributed by atoms with Crippen LogP contribution in [0.15, 0.2) is 53.9 Å². The molecule has 2 aromatic heterocycles. The topological polar surface area (TPSA) is 61.9 Å². The van der Waals surface area contributed by atoms with Crippen LogP contribution >= 0.6 is 11.3 Å². The van der Waals surface area contributed by atoms with Crippen molar-refractivity contribution in [3.63, 3.8) is 0 Å². The fourth-order valence-corrected chi connectivity index (χ4v) is 4.30. The van der Waals surface area contributed by atoms with E-state index in [-0.39, 0.29) is 5.91 Å². The molecule has 0 bridgehead atoms. The Morgan fingerprint density at radius 3 is 2.70 bits per heavy atom. The maximum atomic E-state index is 11.9. The molecule has 2 aromatic carbocycles. The Balaban J connectivity index is 1.34. The second-order valence-corrected chi connectivity index (χ2v) is 7.64. The van der Waals surface area contributed by atoms with E-state index < -0.39 is 0 Å². The van der Waals surface area contributed by atoms with Crippen LogP contribution in [0.5, 0.6) is 0 Å². The quantitative estimate of drug-likeness (QED) is 0.576. The van der Waals surface area contributed by atoms with Crippen LogP contribution in [0.25, 0.3) is 22.3 Å². The highest BCUT2D eigenvalue weighted by Gasteiger charge is 2.21. The summed E-state index contributed by atoms with van der Waals surface area (Å²) in [5.41, 5.74) is 5.04. The van der Waals surface area contributed by atoms with Gasteiger partial charge in [0.1, 0.15) is 10.8 Å². The monoisotopic (exact) mass is 374 g/mol. The molecule has 5 rings (SSSR count). The van der Waals surface area contributed by atoms with Crippen LogP contribution in [0.2, 0.25) is 0 Å². The number of nitrogens with zero attached hydrogens (tertiary/aromatic N) is 3. The number of benzene rings is 2. The Kier molecular flexibility index (Phi) is 3.98. The zero-order valence-electron chi connectivity index (χ0n) is 14.7. The molecular weight excluding hydrogens is 356 g/mol. The van der Waals surface area contributed by atoms with Crippen molar-refractivity contribution < 1.29 is 4.79 Å². The molecule has 4 aromatic rings. The fraction of sp³-hybridized carbons (Fsp3) is 0.190. The molecular formula is C21H18N4OS. The van der Waals surface area contributed by atoms with Crippen molar-refractivity contribution >= 4 is 34.0 Å². The van der Waals surface area contributed by atoms with Crippen LogP contribution in [0.3, 0.4) is 0 Å². The van der Waals surface area contributed by atoms with E-state index in [0.29, 0.717) is 12.8 Å². The van der Waals surface area contributed by atoms with Crippen molar-refractivity contribution in [1.82, 2.24) is 15.0 Å². The highest BCUT2D eigenvalue weighted by molar-refractivity contribution is 7.10. The minimum absolute atomic E-state index is 0.213. The first-order valence-electron chi connectivity index (χ1n) is 9.05. The van der Waals surface area contributed by atoms with Gasteiger partial charge in [0.15, 0.2) is 0 Å². The maximum absolute atomic E-state index is 11.9. The highest BCUT2D eigenvalue weighted by atomic mass is 32.1. The Labute approximate surface area is 160 Å². The number of carbonyl (C=O) groups is 1. The van der Waals surface area contributed by atoms with Gasteiger partial charge in [0, 0.05) is 29.6 Å². The van der Waals surface area contributed by atoms with Crippen molar-refractivity contribution in [2.75, 3.05) is 11.4 Å². The molecule has 0 unspecified atom stereocenters. The van der Waals surface area contributed by atoms with Gasteiger partial charge in [-0.15, -0.1) is 11.3 Å². The molecule has 134 valence electrons. The normalized spacial score (nSPS) is 14.4. The molecule has 27 heavy (non-hydrogen) atoms. The lowest BCUT2D eigenvalue weighted by Gasteiger charge is -2.15. The molecule has 0 saturated carbocycles. The Morgan fingerprint density at radius 1 is 1.07 bits per heavy atom. The number of fused-ring (bicyclic) bond motifs is 1. The number of hydrogen-bond donors (Lipinski definition) is 1. The van der Waals surface area contributed by atoms with E-state index >= 15 is 0 Å². The van der Waals surface area contributed by atoms with Crippen LogP contribution < -0.4 is 4.90 Å². The number of hydrogen-bond acceptors (Lipinski definition) is 4. The summed E-state index contributed by atoms with van der Waals surface area (Å²) in [5, 5.41) is 3.11. The van der Waals surface area contributed by atoms with E-state index in [0.717, 1.165) is 51.8 Å². The summed E-state index contributed by atoms with van der Waals surface area (Å²) in [6.07, 6.45) is 2.29. The summed E-state index contributed by atoms with van der Waals surface area (Å²) in [6, 6.07) is 16.1. The van der Waals surface area contributed by atoms with Gasteiger partial charge >= 0.3 is 0 Å². The van der Waals surface area contributed by atoms with Gasteiger partial charge in [0.2, 0.25) is 5.91 Å². The molecule has 6 heteroatoms. The SMILES string of the molecule is O=C1CCCN1c1ccc(-c2csc(Cc3nc4ccccc4[nH]3)n2)cc1. The van der Waals surface area contributed by atoms with E-state index in [1.54, 1.807) is 11.3 Å². The smallest absolute Gasteiger partial charge is 0.227 e. The lowest BCUT2D eigenvalue weighted by atomic mass is 10.1. The van der Waals surface area contributed by atoms with E-state index in [4.69, 9.17) is 4.98 Å². The van der Waals surface area contributed by atoms with E-state index in [1.807, 2.05) is 53.4 Å². The van der Waals surface area contributed by atoms with Crippen molar-refractivity contribution in [3.8, 4) is 11.3 Å². The van der Waals surface area contributed by atoms with Gasteiger partial charge in [-0.05, 0) is 30.7 Å². The largest absolute Gasteiger partial charge is 0.342 e. The summed E-state index contributed by atoms with van der Waals surface area (Å²) in [4.78, 5) is 26.5. The van der Waals surface area contributed by atoms with Crippen molar-refractivity contribution in [3.05, 3.63) is 64.7 Å². The Morgan fingerprint density at radius 2 is 1.93 bits per heavy atom. The van der Waals surface area contributed by atoms with Gasteiger partial charge in [-0.1, -0.05) is 24.3 Å². The molecule has 0 radical (unpaired) electrons. The third kappa shape index (κ3) is 3.13. The fourth-order valence-electron chi connectivity index (χ4n) is 3.49. The summed E-state index contributed by atoms with van der Waals surface area (Å²) in [6.45, 7) is 0.816. The van der Waals surface area contributed by atoms with Gasteiger partial charge in [-0.3, -0.25) is 4.79 Å². The first-order valence-corrected chi connectivity index (χ1v) is 9.93. The minimum atomic E-state index is 0.213. The van der Waals surface area contributed by atoms with E-state index in [9.17, 15) is 4.79 Å². The number of para-hydroxylation sites is 2. The first kappa shape index (κ1) is 16.2. The number of nitrogens with one attached hydrogen (secondary N) is 1. The minimum Gasteiger partial charge on any atom is -0.342 e. The molecule has 1 amide bonds. The third-order valence-corrected chi connectivity index (χ3v) is 5.71. The number of amides is 1. The van der Waals surface area contributed by atoms with Gasteiger partial charge in [-0.25, -0.2) is 9.97 Å². The average Bonchev–Trinajstić information content (AvgIpc) is 3.41. The predicted octanol–water partition coefficient (Wildman–Crippen LogP) is 4.40. The number of thiazole rings is 1. The number of anilines is 1. The van der Waals surface area contributed by atoms with Crippen molar-refractivity contribution in [1.29, 1.82) is 0 Å². The summed E-state index contributed by atoms with van der Waals surface area (Å²) < 4.78 is 0. The summed E-state index contributed by atoms with van der Waals surface area (Å²) >= 11 is 1.64. The predicted molar refractivity (Wildman–Crippen MR) is 108 cm³/mol. The Bertz CT molecular complexity index is 1080. The number of H-pyrrole nitrogens is 1. The second kappa shape index (κ2) is 6.63. The molecule has 0 spiro atoms. The molecule has 1 saturated heterocycles. The zero-order chi connectivity index (χ0) is 18.2. The van der Waals surface area contributed by atoms with Gasteiger partial charge in [0.05, 0.1) is 23.1 Å². The lowest BCUT2D eigenvalue weighted by Crippen LogP contribution is -2.23. The van der Waals surface area contributed by atoms with E-state index in [1.165, 1.54) is 0 Å². The van der Waals surface area contributed by atoms with Gasteiger partial charge < -0.3 is 9.88 Å².